The molecule has 1 rings (SSSR count). The highest BCUT2D eigenvalue weighted by molar-refractivity contribution is 7.98. The van der Waals surface area contributed by atoms with Crippen molar-refractivity contribution in [2.45, 2.75) is 77.5 Å². The lowest BCUT2D eigenvalue weighted by atomic mass is 9.96. The number of carboxylic acids is 1. The second-order valence-corrected chi connectivity index (χ2v) is 10.7. The zero-order valence-electron chi connectivity index (χ0n) is 22.3. The zero-order chi connectivity index (χ0) is 28.1. The number of aliphatic carboxylic acids is 1. The SMILES string of the molecule is CCC(C)C(NC(=O)C(CCSC)NC(=O)C(N)CC(C)C)C(=O)NC(Cc1ccc(O)cc1)C(=O)O. The van der Waals surface area contributed by atoms with Crippen LogP contribution < -0.4 is 21.7 Å². The van der Waals surface area contributed by atoms with Gasteiger partial charge in [-0.3, -0.25) is 14.4 Å². The summed E-state index contributed by atoms with van der Waals surface area (Å²) in [6, 6.07) is 2.16. The van der Waals surface area contributed by atoms with Crippen LogP contribution in [-0.2, 0) is 25.6 Å². The minimum Gasteiger partial charge on any atom is -0.508 e. The van der Waals surface area contributed by atoms with Crippen molar-refractivity contribution in [1.82, 2.24) is 16.0 Å². The van der Waals surface area contributed by atoms with Crippen LogP contribution in [0, 0.1) is 11.8 Å². The number of thioether (sulfide) groups is 1. The molecule has 0 aromatic heterocycles. The normalized spacial score (nSPS) is 15.2. The molecule has 0 aliphatic carbocycles. The molecule has 0 bridgehead atoms. The van der Waals surface area contributed by atoms with Crippen molar-refractivity contribution in [3.63, 3.8) is 0 Å². The van der Waals surface area contributed by atoms with Gasteiger partial charge in [-0.15, -0.1) is 0 Å². The van der Waals surface area contributed by atoms with Crippen LogP contribution in [0.4, 0.5) is 0 Å². The highest BCUT2D eigenvalue weighted by Crippen LogP contribution is 2.14. The van der Waals surface area contributed by atoms with Crippen LogP contribution in [-0.4, -0.2) is 70.1 Å². The fourth-order valence-electron chi connectivity index (χ4n) is 3.68. The van der Waals surface area contributed by atoms with Gasteiger partial charge in [0.05, 0.1) is 6.04 Å². The molecule has 7 N–H and O–H groups in total. The van der Waals surface area contributed by atoms with E-state index in [1.807, 2.05) is 27.0 Å². The van der Waals surface area contributed by atoms with Gasteiger partial charge in [-0.25, -0.2) is 4.79 Å². The van der Waals surface area contributed by atoms with E-state index in [0.717, 1.165) is 0 Å². The predicted molar refractivity (Wildman–Crippen MR) is 145 cm³/mol. The predicted octanol–water partition coefficient (Wildman–Crippen LogP) is 1.65. The third-order valence-corrected chi connectivity index (χ3v) is 6.73. The number of phenolic OH excluding ortho intramolecular Hbond substituents is 1. The number of aromatic hydroxyl groups is 1. The Balaban J connectivity index is 3.01. The number of amides is 3. The molecule has 5 atom stereocenters. The minimum atomic E-state index is -1.23. The lowest BCUT2D eigenvalue weighted by Crippen LogP contribution is -2.59. The van der Waals surface area contributed by atoms with Gasteiger partial charge in [-0.05, 0) is 54.4 Å². The Morgan fingerprint density at radius 2 is 1.54 bits per heavy atom. The first kappa shape index (κ1) is 32.2. The highest BCUT2D eigenvalue weighted by atomic mass is 32.2. The van der Waals surface area contributed by atoms with E-state index in [4.69, 9.17) is 5.73 Å². The van der Waals surface area contributed by atoms with Crippen molar-refractivity contribution < 1.29 is 29.4 Å². The summed E-state index contributed by atoms with van der Waals surface area (Å²) in [7, 11) is 0. The Morgan fingerprint density at radius 3 is 2.05 bits per heavy atom. The molecule has 0 spiro atoms. The topological polar surface area (TPSA) is 171 Å². The molecule has 10 nitrogen and oxygen atoms in total. The average Bonchev–Trinajstić information content (AvgIpc) is 2.84. The third-order valence-electron chi connectivity index (χ3n) is 6.09. The second-order valence-electron chi connectivity index (χ2n) is 9.72. The molecule has 0 saturated carbocycles. The zero-order valence-corrected chi connectivity index (χ0v) is 23.1. The molecule has 37 heavy (non-hydrogen) atoms. The largest absolute Gasteiger partial charge is 0.508 e. The number of hydrogen-bond donors (Lipinski definition) is 6. The lowest BCUT2D eigenvalue weighted by molar-refractivity contribution is -0.142. The van der Waals surface area contributed by atoms with Gasteiger partial charge in [0.2, 0.25) is 17.7 Å². The molecule has 11 heteroatoms. The first-order valence-corrected chi connectivity index (χ1v) is 13.9. The molecule has 5 unspecified atom stereocenters. The summed E-state index contributed by atoms with van der Waals surface area (Å²) in [5.41, 5.74) is 6.60. The average molecular weight is 539 g/mol. The van der Waals surface area contributed by atoms with Gasteiger partial charge < -0.3 is 31.9 Å². The van der Waals surface area contributed by atoms with E-state index >= 15 is 0 Å². The van der Waals surface area contributed by atoms with Crippen molar-refractivity contribution in [2.24, 2.45) is 17.6 Å². The van der Waals surface area contributed by atoms with E-state index < -0.39 is 47.9 Å². The van der Waals surface area contributed by atoms with E-state index in [2.05, 4.69) is 16.0 Å². The molecule has 1 aromatic carbocycles. The van der Waals surface area contributed by atoms with Crippen molar-refractivity contribution in [1.29, 1.82) is 0 Å². The van der Waals surface area contributed by atoms with Gasteiger partial charge in [-0.1, -0.05) is 46.2 Å². The number of nitrogens with one attached hydrogen (secondary N) is 3. The maximum Gasteiger partial charge on any atom is 0.326 e. The smallest absolute Gasteiger partial charge is 0.326 e. The molecular weight excluding hydrogens is 496 g/mol. The van der Waals surface area contributed by atoms with Crippen molar-refractivity contribution >= 4 is 35.5 Å². The number of rotatable bonds is 16. The number of hydrogen-bond acceptors (Lipinski definition) is 7. The molecule has 0 aliphatic heterocycles. The van der Waals surface area contributed by atoms with Crippen molar-refractivity contribution in [3.05, 3.63) is 29.8 Å². The summed E-state index contributed by atoms with van der Waals surface area (Å²) in [5, 5.41) is 27.1. The van der Waals surface area contributed by atoms with E-state index in [1.54, 1.807) is 19.1 Å². The molecular formula is C26H42N4O6S. The summed E-state index contributed by atoms with van der Waals surface area (Å²) >= 11 is 1.52. The maximum atomic E-state index is 13.2. The van der Waals surface area contributed by atoms with Gasteiger partial charge in [0.1, 0.15) is 23.9 Å². The standard InChI is InChI=1S/C26H42N4O6S/c1-6-16(4)22(25(34)29-21(26(35)36)14-17-7-9-18(31)10-8-17)30-24(33)20(11-12-37-5)28-23(32)19(27)13-15(2)3/h7-10,15-16,19-22,31H,6,11-14,27H2,1-5H3,(H,28,32)(H,29,34)(H,30,33)(H,35,36). The van der Waals surface area contributed by atoms with Crippen LogP contribution in [0.5, 0.6) is 5.75 Å². The summed E-state index contributed by atoms with van der Waals surface area (Å²) in [6.45, 7) is 7.55. The van der Waals surface area contributed by atoms with Crippen LogP contribution in [0.2, 0.25) is 0 Å². The van der Waals surface area contributed by atoms with Gasteiger partial charge in [0.25, 0.3) is 0 Å². The molecule has 0 radical (unpaired) electrons. The van der Waals surface area contributed by atoms with Crippen molar-refractivity contribution in [2.75, 3.05) is 12.0 Å². The Hall–Kier alpha value is -2.79. The number of carbonyl (C=O) groups excluding carboxylic acids is 3. The van der Waals surface area contributed by atoms with E-state index in [1.165, 1.54) is 23.9 Å². The molecule has 0 fully saturated rings. The molecule has 1 aromatic rings. The number of benzene rings is 1. The fraction of sp³-hybridized carbons (Fsp3) is 0.615. The first-order chi connectivity index (χ1) is 17.4. The van der Waals surface area contributed by atoms with Gasteiger partial charge in [0, 0.05) is 6.42 Å². The third kappa shape index (κ3) is 11.4. The van der Waals surface area contributed by atoms with Crippen LogP contribution in [0.3, 0.4) is 0 Å². The summed E-state index contributed by atoms with van der Waals surface area (Å²) in [5.74, 6) is -2.24. The van der Waals surface area contributed by atoms with Crippen LogP contribution in [0.15, 0.2) is 24.3 Å². The fourth-order valence-corrected chi connectivity index (χ4v) is 4.15. The Labute approximate surface area is 223 Å². The monoisotopic (exact) mass is 538 g/mol. The summed E-state index contributed by atoms with van der Waals surface area (Å²) in [6.07, 6.45) is 3.26. The minimum absolute atomic E-state index is 0.00265. The number of nitrogens with two attached hydrogens (primary N) is 1. The molecule has 0 heterocycles. The Bertz CT molecular complexity index is 896. The quantitative estimate of drug-likeness (QED) is 0.184. The van der Waals surface area contributed by atoms with Gasteiger partial charge in [0.15, 0.2) is 0 Å². The molecule has 0 aliphatic rings. The number of carbonyl (C=O) groups is 4. The van der Waals surface area contributed by atoms with Crippen LogP contribution in [0.25, 0.3) is 0 Å². The second kappa shape index (κ2) is 16.1. The van der Waals surface area contributed by atoms with Crippen LogP contribution in [0.1, 0.15) is 52.5 Å². The lowest BCUT2D eigenvalue weighted by Gasteiger charge is -2.28. The van der Waals surface area contributed by atoms with Gasteiger partial charge in [-0.2, -0.15) is 11.8 Å². The first-order valence-electron chi connectivity index (χ1n) is 12.6. The molecule has 208 valence electrons. The molecule has 0 saturated heterocycles. The summed E-state index contributed by atoms with van der Waals surface area (Å²) < 4.78 is 0. The summed E-state index contributed by atoms with van der Waals surface area (Å²) in [4.78, 5) is 50.9. The van der Waals surface area contributed by atoms with E-state index in [0.29, 0.717) is 30.6 Å². The van der Waals surface area contributed by atoms with Crippen molar-refractivity contribution in [3.8, 4) is 5.75 Å². The highest BCUT2D eigenvalue weighted by Gasteiger charge is 2.32. The van der Waals surface area contributed by atoms with E-state index in [9.17, 15) is 29.4 Å². The number of carboxylic acid groups (broad SMARTS) is 1. The number of phenols is 1. The Morgan fingerprint density at radius 1 is 0.946 bits per heavy atom. The maximum absolute atomic E-state index is 13.2. The van der Waals surface area contributed by atoms with Gasteiger partial charge >= 0.3 is 5.97 Å². The van der Waals surface area contributed by atoms with Crippen LogP contribution >= 0.6 is 11.8 Å². The Kier molecular flexibility index (Phi) is 14.1. The van der Waals surface area contributed by atoms with E-state index in [-0.39, 0.29) is 24.0 Å². The molecule has 3 amide bonds.